The molecule has 0 unspecified atom stereocenters. The van der Waals surface area contributed by atoms with Crippen LogP contribution in [0.1, 0.15) is 5.56 Å². The number of hydrogen-bond acceptors (Lipinski definition) is 3. The summed E-state index contributed by atoms with van der Waals surface area (Å²) < 4.78 is 0. The van der Waals surface area contributed by atoms with E-state index in [0.717, 1.165) is 11.3 Å². The normalized spacial score (nSPS) is 17.9. The van der Waals surface area contributed by atoms with E-state index in [2.05, 4.69) is 5.43 Å². The van der Waals surface area contributed by atoms with E-state index < -0.39 is 0 Å². The van der Waals surface area contributed by atoms with Crippen LogP contribution in [0.4, 0.5) is 0 Å². The number of nitrogens with zero attached hydrogens (tertiary/aromatic N) is 1. The third kappa shape index (κ3) is 1.89. The fourth-order valence-corrected chi connectivity index (χ4v) is 1.16. The van der Waals surface area contributed by atoms with E-state index in [1.54, 1.807) is 6.08 Å². The maximum absolute atomic E-state index is 10.7. The second-order valence-corrected chi connectivity index (χ2v) is 2.76. The topological polar surface area (TPSA) is 38.3 Å². The first kappa shape index (κ1) is 7.89. The molecule has 0 aliphatic carbocycles. The van der Waals surface area contributed by atoms with E-state index in [1.165, 1.54) is 6.20 Å². The zero-order chi connectivity index (χ0) is 9.10. The molecule has 1 N–H and O–H groups in total. The number of hydrazine groups is 1. The molecule has 3 nitrogen and oxygen atoms in total. The van der Waals surface area contributed by atoms with Crippen LogP contribution in [0.5, 0.6) is 0 Å². The summed E-state index contributed by atoms with van der Waals surface area (Å²) in [5.74, 6) is 0. The van der Waals surface area contributed by atoms with Crippen molar-refractivity contribution in [3.63, 3.8) is 0 Å². The number of hydroxylamine groups is 1. The molecule has 1 aliphatic heterocycles. The van der Waals surface area contributed by atoms with Crippen LogP contribution in [0.25, 0.3) is 6.08 Å². The molecule has 1 aromatic rings. The van der Waals surface area contributed by atoms with Crippen molar-refractivity contribution in [2.24, 2.45) is 0 Å². The summed E-state index contributed by atoms with van der Waals surface area (Å²) in [4.78, 5) is 0. The molecule has 66 valence electrons. The fraction of sp³-hybridized carbons (Fsp3) is 0. The van der Waals surface area contributed by atoms with Crippen molar-refractivity contribution in [2.45, 2.75) is 0 Å². The van der Waals surface area contributed by atoms with Gasteiger partial charge in [0.2, 0.25) is 0 Å². The predicted molar refractivity (Wildman–Crippen MR) is 51.9 cm³/mol. The standard InChI is InChI=1S/C10H9N2O/c13-12-7-6-10(11-12)8-9-4-2-1-3-5-9/h1-8,11H/q-1. The molecule has 0 aromatic heterocycles. The van der Waals surface area contributed by atoms with Gasteiger partial charge in [0.05, 0.1) is 5.70 Å². The second-order valence-electron chi connectivity index (χ2n) is 2.76. The average Bonchev–Trinajstić information content (AvgIpc) is 2.53. The minimum Gasteiger partial charge on any atom is -0.739 e. The third-order valence-electron chi connectivity index (χ3n) is 1.75. The van der Waals surface area contributed by atoms with Crippen molar-refractivity contribution in [3.05, 3.63) is 59.1 Å². The van der Waals surface area contributed by atoms with Gasteiger partial charge in [-0.1, -0.05) is 30.3 Å². The van der Waals surface area contributed by atoms with Gasteiger partial charge < -0.3 is 15.8 Å². The summed E-state index contributed by atoms with van der Waals surface area (Å²) in [5.41, 5.74) is 4.51. The minimum atomic E-state index is 0.675. The molecule has 0 saturated carbocycles. The van der Waals surface area contributed by atoms with E-state index in [0.29, 0.717) is 5.17 Å². The highest BCUT2D eigenvalue weighted by molar-refractivity contribution is 5.55. The Labute approximate surface area is 76.5 Å². The number of rotatable bonds is 1. The molecule has 0 amide bonds. The van der Waals surface area contributed by atoms with Gasteiger partial charge >= 0.3 is 0 Å². The Balaban J connectivity index is 2.18. The Kier molecular flexibility index (Phi) is 2.02. The molecule has 1 aliphatic rings. The Bertz CT molecular complexity index is 343. The minimum absolute atomic E-state index is 0.675. The Morgan fingerprint density at radius 2 is 2.00 bits per heavy atom. The first-order chi connectivity index (χ1) is 6.34. The lowest BCUT2D eigenvalue weighted by molar-refractivity contribution is 0.448. The molecule has 0 radical (unpaired) electrons. The van der Waals surface area contributed by atoms with Crippen molar-refractivity contribution in [3.8, 4) is 0 Å². The highest BCUT2D eigenvalue weighted by atomic mass is 16.5. The predicted octanol–water partition coefficient (Wildman–Crippen LogP) is 1.86. The molecule has 1 heterocycles. The molecular weight excluding hydrogens is 164 g/mol. The van der Waals surface area contributed by atoms with E-state index in [-0.39, 0.29) is 0 Å². The molecule has 0 bridgehead atoms. The van der Waals surface area contributed by atoms with Gasteiger partial charge in [0, 0.05) is 6.20 Å². The third-order valence-corrected chi connectivity index (χ3v) is 1.75. The van der Waals surface area contributed by atoms with E-state index >= 15 is 0 Å². The fourth-order valence-electron chi connectivity index (χ4n) is 1.16. The lowest BCUT2D eigenvalue weighted by Gasteiger charge is -2.21. The van der Waals surface area contributed by atoms with Crippen LogP contribution in [-0.2, 0) is 0 Å². The summed E-state index contributed by atoms with van der Waals surface area (Å²) in [6.45, 7) is 0. The van der Waals surface area contributed by atoms with Crippen molar-refractivity contribution in [1.29, 1.82) is 0 Å². The summed E-state index contributed by atoms with van der Waals surface area (Å²) in [7, 11) is 0. The molecule has 0 saturated heterocycles. The molecule has 0 fully saturated rings. The van der Waals surface area contributed by atoms with Crippen LogP contribution >= 0.6 is 0 Å². The lowest BCUT2D eigenvalue weighted by Crippen LogP contribution is -2.20. The molecular formula is C10H9N2O-. The molecule has 1 aromatic carbocycles. The zero-order valence-corrected chi connectivity index (χ0v) is 6.97. The first-order valence-corrected chi connectivity index (χ1v) is 4.02. The Morgan fingerprint density at radius 3 is 2.62 bits per heavy atom. The number of allylic oxidation sites excluding steroid dienone is 1. The Morgan fingerprint density at radius 1 is 1.23 bits per heavy atom. The molecule has 0 spiro atoms. The Hall–Kier alpha value is -1.74. The van der Waals surface area contributed by atoms with Gasteiger partial charge in [-0.15, -0.1) is 0 Å². The molecule has 0 atom stereocenters. The van der Waals surface area contributed by atoms with Crippen molar-refractivity contribution in [2.75, 3.05) is 0 Å². The summed E-state index contributed by atoms with van der Waals surface area (Å²) in [6.07, 6.45) is 5.09. The van der Waals surface area contributed by atoms with Crippen LogP contribution in [0.15, 0.2) is 48.3 Å². The highest BCUT2D eigenvalue weighted by Gasteiger charge is 1.98. The summed E-state index contributed by atoms with van der Waals surface area (Å²) >= 11 is 0. The first-order valence-electron chi connectivity index (χ1n) is 4.02. The SMILES string of the molecule is [O-]N1C=CC(=Cc2ccccc2)N1. The van der Waals surface area contributed by atoms with Crippen molar-refractivity contribution in [1.82, 2.24) is 10.6 Å². The van der Waals surface area contributed by atoms with Crippen molar-refractivity contribution >= 4 is 6.08 Å². The van der Waals surface area contributed by atoms with E-state index in [1.807, 2.05) is 36.4 Å². The van der Waals surface area contributed by atoms with Gasteiger partial charge in [-0.2, -0.15) is 0 Å². The summed E-state index contributed by atoms with van der Waals surface area (Å²) in [5, 5.41) is 11.4. The smallest absolute Gasteiger partial charge is 0.0554 e. The maximum Gasteiger partial charge on any atom is 0.0554 e. The number of hydrogen-bond donors (Lipinski definition) is 1. The second kappa shape index (κ2) is 3.33. The van der Waals surface area contributed by atoms with Gasteiger partial charge in [0.1, 0.15) is 0 Å². The van der Waals surface area contributed by atoms with Crippen LogP contribution in [0, 0.1) is 5.21 Å². The maximum atomic E-state index is 10.7. The zero-order valence-electron chi connectivity index (χ0n) is 6.97. The number of benzene rings is 1. The van der Waals surface area contributed by atoms with Crippen LogP contribution < -0.4 is 5.43 Å². The van der Waals surface area contributed by atoms with Gasteiger partial charge in [0.25, 0.3) is 0 Å². The van der Waals surface area contributed by atoms with Gasteiger partial charge in [0.15, 0.2) is 0 Å². The lowest BCUT2D eigenvalue weighted by atomic mass is 10.2. The highest BCUT2D eigenvalue weighted by Crippen LogP contribution is 2.09. The molecule has 3 heteroatoms. The van der Waals surface area contributed by atoms with Crippen LogP contribution in [0.3, 0.4) is 0 Å². The van der Waals surface area contributed by atoms with Gasteiger partial charge in [-0.25, -0.2) is 0 Å². The van der Waals surface area contributed by atoms with E-state index in [4.69, 9.17) is 0 Å². The van der Waals surface area contributed by atoms with Crippen LogP contribution in [0.2, 0.25) is 0 Å². The largest absolute Gasteiger partial charge is 0.739 e. The summed E-state index contributed by atoms with van der Waals surface area (Å²) in [6, 6.07) is 9.84. The van der Waals surface area contributed by atoms with Gasteiger partial charge in [-0.3, -0.25) is 0 Å². The van der Waals surface area contributed by atoms with E-state index in [9.17, 15) is 5.21 Å². The van der Waals surface area contributed by atoms with Crippen molar-refractivity contribution < 1.29 is 0 Å². The monoisotopic (exact) mass is 173 g/mol. The molecule has 13 heavy (non-hydrogen) atoms. The van der Waals surface area contributed by atoms with Crippen LogP contribution in [-0.4, -0.2) is 5.17 Å². The quantitative estimate of drug-likeness (QED) is 0.704. The molecule has 2 rings (SSSR count). The number of nitrogens with one attached hydrogen (secondary N) is 1. The average molecular weight is 173 g/mol. The van der Waals surface area contributed by atoms with Gasteiger partial charge in [-0.05, 0) is 17.7 Å².